The van der Waals surface area contributed by atoms with Gasteiger partial charge in [-0.05, 0) is 117 Å². The maximum absolute atomic E-state index is 13.3. The van der Waals surface area contributed by atoms with Gasteiger partial charge in [0.05, 0.1) is 0 Å². The molecule has 5 aromatic rings. The van der Waals surface area contributed by atoms with E-state index >= 15 is 0 Å². The van der Waals surface area contributed by atoms with Crippen LogP contribution in [0.5, 0.6) is 0 Å². The molecule has 0 aliphatic carbocycles. The fourth-order valence-electron chi connectivity index (χ4n) is 5.86. The average molecular weight is 628 g/mol. The first kappa shape index (κ1) is 33.6. The van der Waals surface area contributed by atoms with Gasteiger partial charge in [0, 0.05) is 28.2 Å². The Morgan fingerprint density at radius 2 is 1.17 bits per heavy atom. The summed E-state index contributed by atoms with van der Waals surface area (Å²) in [4.78, 5) is 28.0. The van der Waals surface area contributed by atoms with Crippen LogP contribution < -0.4 is 4.90 Å². The Morgan fingerprint density at radius 1 is 0.604 bits per heavy atom. The number of ketones is 2. The van der Waals surface area contributed by atoms with Gasteiger partial charge in [-0.1, -0.05) is 114 Å². The lowest BCUT2D eigenvalue weighted by atomic mass is 9.87. The van der Waals surface area contributed by atoms with Crippen LogP contribution in [0, 0.1) is 0 Å². The van der Waals surface area contributed by atoms with Crippen LogP contribution in [-0.2, 0) is 5.41 Å². The highest BCUT2D eigenvalue weighted by Crippen LogP contribution is 2.39. The first-order chi connectivity index (χ1) is 23.0. The zero-order chi connectivity index (χ0) is 34.6. The molecule has 0 aliphatic rings. The summed E-state index contributed by atoms with van der Waals surface area (Å²) in [5.41, 5.74) is 9.50. The standard InChI is InChI=1S/C45H41NO2/c1-9-32-19-21-40(25-33(32)10-2)46(39-15-13-14-38(29-39)45(6,7)8)41-22-20-36-24-31(16-18-37(36)26-41)17-23-44(48)43-28-35(12-4)34(11-3)27-42(43)30(5)47/h9-29H,1-4H2,5-8H3. The number of hydrogen-bond acceptors (Lipinski definition) is 3. The van der Waals surface area contributed by atoms with Gasteiger partial charge in [0.25, 0.3) is 0 Å². The van der Waals surface area contributed by atoms with Crippen LogP contribution in [0.3, 0.4) is 0 Å². The maximum Gasteiger partial charge on any atom is 0.186 e. The van der Waals surface area contributed by atoms with Crippen molar-refractivity contribution in [3.63, 3.8) is 0 Å². The molecular weight excluding hydrogens is 587 g/mol. The minimum atomic E-state index is -0.246. The molecule has 3 heteroatoms. The second kappa shape index (κ2) is 13.9. The van der Waals surface area contributed by atoms with Gasteiger partial charge in [0.2, 0.25) is 0 Å². The van der Waals surface area contributed by atoms with Crippen molar-refractivity contribution in [3.05, 3.63) is 168 Å². The van der Waals surface area contributed by atoms with Crippen molar-refractivity contribution in [1.82, 2.24) is 0 Å². The van der Waals surface area contributed by atoms with E-state index in [0.717, 1.165) is 55.7 Å². The van der Waals surface area contributed by atoms with Gasteiger partial charge in [-0.3, -0.25) is 9.59 Å². The highest BCUT2D eigenvalue weighted by atomic mass is 16.1. The third-order valence-corrected chi connectivity index (χ3v) is 8.58. The number of carbonyl (C=O) groups excluding carboxylic acids is 2. The number of hydrogen-bond donors (Lipinski definition) is 0. The first-order valence-corrected chi connectivity index (χ1v) is 16.0. The highest BCUT2D eigenvalue weighted by Gasteiger charge is 2.19. The molecule has 0 heterocycles. The minimum absolute atomic E-state index is 0.00797. The lowest BCUT2D eigenvalue weighted by Gasteiger charge is -2.28. The number of benzene rings is 5. The molecule has 5 rings (SSSR count). The molecule has 0 spiro atoms. The van der Waals surface area contributed by atoms with E-state index in [1.54, 1.807) is 30.4 Å². The van der Waals surface area contributed by atoms with E-state index in [4.69, 9.17) is 0 Å². The summed E-state index contributed by atoms with van der Waals surface area (Å²) in [5, 5.41) is 2.10. The maximum atomic E-state index is 13.3. The van der Waals surface area contributed by atoms with E-state index in [1.807, 2.05) is 18.2 Å². The molecule has 48 heavy (non-hydrogen) atoms. The molecule has 0 aromatic heterocycles. The van der Waals surface area contributed by atoms with Gasteiger partial charge in [-0.25, -0.2) is 0 Å². The molecule has 0 saturated heterocycles. The lowest BCUT2D eigenvalue weighted by molar-refractivity contribution is 0.0993. The Labute approximate surface area is 284 Å². The van der Waals surface area contributed by atoms with Crippen molar-refractivity contribution >= 4 is 69.8 Å². The van der Waals surface area contributed by atoms with E-state index in [1.165, 1.54) is 18.6 Å². The van der Waals surface area contributed by atoms with Crippen molar-refractivity contribution in [1.29, 1.82) is 0 Å². The summed E-state index contributed by atoms with van der Waals surface area (Å²) < 4.78 is 0. The molecule has 0 amide bonds. The fraction of sp³-hybridized carbons (Fsp3) is 0.111. The quantitative estimate of drug-likeness (QED) is 0.108. The summed E-state index contributed by atoms with van der Waals surface area (Å²) >= 11 is 0. The van der Waals surface area contributed by atoms with Crippen molar-refractivity contribution < 1.29 is 9.59 Å². The molecule has 0 fully saturated rings. The van der Waals surface area contributed by atoms with E-state index in [0.29, 0.717) is 11.1 Å². The molecule has 0 atom stereocenters. The van der Waals surface area contributed by atoms with Gasteiger partial charge in [-0.2, -0.15) is 0 Å². The first-order valence-electron chi connectivity index (χ1n) is 16.0. The Kier molecular flexibility index (Phi) is 9.72. The van der Waals surface area contributed by atoms with Crippen molar-refractivity contribution in [2.45, 2.75) is 33.1 Å². The smallest absolute Gasteiger partial charge is 0.186 e. The largest absolute Gasteiger partial charge is 0.310 e. The molecular formula is C45H41NO2. The van der Waals surface area contributed by atoms with Gasteiger partial charge >= 0.3 is 0 Å². The molecule has 0 bridgehead atoms. The average Bonchev–Trinajstić information content (AvgIpc) is 3.09. The van der Waals surface area contributed by atoms with Gasteiger partial charge in [0.15, 0.2) is 11.6 Å². The van der Waals surface area contributed by atoms with Crippen LogP contribution in [0.15, 0.2) is 123 Å². The number of rotatable bonds is 11. The SMILES string of the molecule is C=Cc1ccc(N(c2cccc(C(C)(C)C)c2)c2ccc3cc(C=CC(=O)c4cc(C=C)c(C=C)cc4C(C)=O)ccc3c2)cc1C=C. The number of carbonyl (C=O) groups is 2. The predicted molar refractivity (Wildman–Crippen MR) is 208 cm³/mol. The van der Waals surface area contributed by atoms with Crippen LogP contribution in [0.1, 0.15) is 81.8 Å². The molecule has 3 nitrogen and oxygen atoms in total. The van der Waals surface area contributed by atoms with Crippen LogP contribution in [0.25, 0.3) is 41.2 Å². The summed E-state index contributed by atoms with van der Waals surface area (Å²) in [5.74, 6) is -0.424. The summed E-state index contributed by atoms with van der Waals surface area (Å²) in [6.45, 7) is 23.8. The third kappa shape index (κ3) is 6.96. The topological polar surface area (TPSA) is 37.4 Å². The lowest BCUT2D eigenvalue weighted by Crippen LogP contribution is -2.14. The number of nitrogens with zero attached hydrogens (tertiary/aromatic N) is 1. The van der Waals surface area contributed by atoms with Gasteiger partial charge < -0.3 is 4.90 Å². The molecule has 238 valence electrons. The molecule has 0 unspecified atom stereocenters. The third-order valence-electron chi connectivity index (χ3n) is 8.58. The van der Waals surface area contributed by atoms with E-state index in [9.17, 15) is 9.59 Å². The van der Waals surface area contributed by atoms with Gasteiger partial charge in [0.1, 0.15) is 0 Å². The van der Waals surface area contributed by atoms with Crippen LogP contribution in [0.4, 0.5) is 17.1 Å². The normalized spacial score (nSPS) is 11.3. The van der Waals surface area contributed by atoms with Gasteiger partial charge in [-0.15, -0.1) is 0 Å². The molecule has 0 aliphatic heterocycles. The minimum Gasteiger partial charge on any atom is -0.310 e. The summed E-state index contributed by atoms with van der Waals surface area (Å²) in [7, 11) is 0. The molecule has 5 aromatic carbocycles. The van der Waals surface area contributed by atoms with E-state index in [2.05, 4.69) is 125 Å². The molecule has 0 N–H and O–H groups in total. The zero-order valence-corrected chi connectivity index (χ0v) is 28.2. The van der Waals surface area contributed by atoms with Crippen molar-refractivity contribution in [3.8, 4) is 0 Å². The predicted octanol–water partition coefficient (Wildman–Crippen LogP) is 12.3. The summed E-state index contributed by atoms with van der Waals surface area (Å²) in [6.07, 6.45) is 10.3. The fourth-order valence-corrected chi connectivity index (χ4v) is 5.86. The Balaban J connectivity index is 1.54. The Morgan fingerprint density at radius 3 is 1.81 bits per heavy atom. The number of Topliss-reactive ketones (excluding diaryl/α,β-unsaturated/α-hetero) is 1. The highest BCUT2D eigenvalue weighted by molar-refractivity contribution is 6.14. The Bertz CT molecular complexity index is 2140. The second-order valence-electron chi connectivity index (χ2n) is 12.8. The zero-order valence-electron chi connectivity index (χ0n) is 28.2. The number of anilines is 3. The number of fused-ring (bicyclic) bond motifs is 1. The van der Waals surface area contributed by atoms with E-state index < -0.39 is 0 Å². The Hall–Kier alpha value is -5.80. The van der Waals surface area contributed by atoms with Crippen molar-refractivity contribution in [2.75, 3.05) is 4.90 Å². The molecule has 0 saturated carbocycles. The second-order valence-corrected chi connectivity index (χ2v) is 12.8. The van der Waals surface area contributed by atoms with Crippen LogP contribution >= 0.6 is 0 Å². The molecule has 0 radical (unpaired) electrons. The monoisotopic (exact) mass is 627 g/mol. The number of allylic oxidation sites excluding steroid dienone is 1. The van der Waals surface area contributed by atoms with Crippen molar-refractivity contribution in [2.24, 2.45) is 0 Å². The van der Waals surface area contributed by atoms with Crippen LogP contribution in [-0.4, -0.2) is 11.6 Å². The van der Waals surface area contributed by atoms with E-state index in [-0.39, 0.29) is 17.0 Å². The van der Waals surface area contributed by atoms with Crippen LogP contribution in [0.2, 0.25) is 0 Å². The summed E-state index contributed by atoms with van der Waals surface area (Å²) in [6, 6.07) is 31.0.